The summed E-state index contributed by atoms with van der Waals surface area (Å²) in [6, 6.07) is -0.696. The van der Waals surface area contributed by atoms with Crippen molar-refractivity contribution >= 4 is 12.0 Å². The van der Waals surface area contributed by atoms with Gasteiger partial charge in [-0.2, -0.15) is 5.21 Å². The van der Waals surface area contributed by atoms with Crippen LogP contribution in [0.2, 0.25) is 0 Å². The van der Waals surface area contributed by atoms with E-state index in [-0.39, 0.29) is 24.5 Å². The Balaban J connectivity index is 1.93. The van der Waals surface area contributed by atoms with Gasteiger partial charge in [0.05, 0.1) is 12.0 Å². The zero-order chi connectivity index (χ0) is 14.0. The SMILES string of the molecule is CC(NC(=O)N1C[C@@H](C)[C@H](C(=O)O)C1)c1nn[nH]n1. The molecule has 2 amide bonds. The van der Waals surface area contributed by atoms with Crippen molar-refractivity contribution in [1.82, 2.24) is 30.8 Å². The van der Waals surface area contributed by atoms with Crippen LogP contribution in [0.3, 0.4) is 0 Å². The fourth-order valence-electron chi connectivity index (χ4n) is 2.15. The van der Waals surface area contributed by atoms with E-state index in [1.54, 1.807) is 6.92 Å². The van der Waals surface area contributed by atoms with E-state index in [2.05, 4.69) is 25.9 Å². The molecule has 2 rings (SSSR count). The molecular weight excluding hydrogens is 252 g/mol. The predicted molar refractivity (Wildman–Crippen MR) is 63.0 cm³/mol. The van der Waals surface area contributed by atoms with Gasteiger partial charge in [0.1, 0.15) is 0 Å². The molecule has 0 saturated carbocycles. The van der Waals surface area contributed by atoms with Gasteiger partial charge in [0.15, 0.2) is 5.82 Å². The van der Waals surface area contributed by atoms with Crippen molar-refractivity contribution in [2.75, 3.05) is 13.1 Å². The topological polar surface area (TPSA) is 124 Å². The van der Waals surface area contributed by atoms with Crippen LogP contribution in [0.25, 0.3) is 0 Å². The molecule has 9 nitrogen and oxygen atoms in total. The number of carboxylic acid groups (broad SMARTS) is 1. The Morgan fingerprint density at radius 1 is 1.53 bits per heavy atom. The van der Waals surface area contributed by atoms with E-state index in [9.17, 15) is 9.59 Å². The summed E-state index contributed by atoms with van der Waals surface area (Å²) in [6.07, 6.45) is 0. The monoisotopic (exact) mass is 268 g/mol. The third-order valence-corrected chi connectivity index (χ3v) is 3.31. The molecule has 3 N–H and O–H groups in total. The third-order valence-electron chi connectivity index (χ3n) is 3.31. The van der Waals surface area contributed by atoms with Crippen molar-refractivity contribution in [3.05, 3.63) is 5.82 Å². The van der Waals surface area contributed by atoms with Gasteiger partial charge in [-0.3, -0.25) is 4.79 Å². The number of rotatable bonds is 3. The molecule has 19 heavy (non-hydrogen) atoms. The molecule has 1 saturated heterocycles. The molecule has 2 heterocycles. The maximum atomic E-state index is 12.0. The lowest BCUT2D eigenvalue weighted by Crippen LogP contribution is -2.40. The largest absolute Gasteiger partial charge is 0.481 e. The van der Waals surface area contributed by atoms with Crippen molar-refractivity contribution in [2.24, 2.45) is 11.8 Å². The van der Waals surface area contributed by atoms with Crippen LogP contribution in [0.4, 0.5) is 4.79 Å². The highest BCUT2D eigenvalue weighted by Crippen LogP contribution is 2.23. The summed E-state index contributed by atoms with van der Waals surface area (Å²) in [5.41, 5.74) is 0. The Kier molecular flexibility index (Phi) is 3.63. The van der Waals surface area contributed by atoms with Crippen LogP contribution >= 0.6 is 0 Å². The first kappa shape index (κ1) is 13.2. The number of carbonyl (C=O) groups excluding carboxylic acids is 1. The molecule has 0 radical (unpaired) electrons. The molecule has 0 spiro atoms. The fraction of sp³-hybridized carbons (Fsp3) is 0.700. The number of amides is 2. The van der Waals surface area contributed by atoms with E-state index >= 15 is 0 Å². The maximum Gasteiger partial charge on any atom is 0.318 e. The molecule has 3 atom stereocenters. The van der Waals surface area contributed by atoms with Crippen LogP contribution < -0.4 is 5.32 Å². The number of hydrogen-bond acceptors (Lipinski definition) is 5. The number of carboxylic acids is 1. The number of aliphatic carboxylic acids is 1. The summed E-state index contributed by atoms with van der Waals surface area (Å²) in [7, 11) is 0. The molecule has 9 heteroatoms. The minimum absolute atomic E-state index is 0.0521. The summed E-state index contributed by atoms with van der Waals surface area (Å²) in [4.78, 5) is 24.5. The molecule has 0 aliphatic carbocycles. The number of aromatic amines is 1. The van der Waals surface area contributed by atoms with E-state index in [1.807, 2.05) is 6.92 Å². The summed E-state index contributed by atoms with van der Waals surface area (Å²) in [5, 5.41) is 25.0. The highest BCUT2D eigenvalue weighted by atomic mass is 16.4. The molecule has 0 bridgehead atoms. The average molecular weight is 268 g/mol. The van der Waals surface area contributed by atoms with Crippen LogP contribution in [0.5, 0.6) is 0 Å². The summed E-state index contributed by atoms with van der Waals surface area (Å²) >= 11 is 0. The van der Waals surface area contributed by atoms with Crippen LogP contribution in [0.15, 0.2) is 0 Å². The lowest BCUT2D eigenvalue weighted by Gasteiger charge is -2.19. The number of aromatic nitrogens is 4. The molecule has 1 fully saturated rings. The van der Waals surface area contributed by atoms with Crippen molar-refractivity contribution in [1.29, 1.82) is 0 Å². The molecule has 1 aromatic rings. The zero-order valence-corrected chi connectivity index (χ0v) is 10.7. The maximum absolute atomic E-state index is 12.0. The van der Waals surface area contributed by atoms with Gasteiger partial charge in [-0.05, 0) is 12.8 Å². The summed E-state index contributed by atoms with van der Waals surface area (Å²) in [6.45, 7) is 4.22. The average Bonchev–Trinajstić information content (AvgIpc) is 2.96. The second-order valence-electron chi connectivity index (χ2n) is 4.77. The van der Waals surface area contributed by atoms with Gasteiger partial charge in [0.25, 0.3) is 0 Å². The Labute approximate surface area is 109 Å². The van der Waals surface area contributed by atoms with Crippen molar-refractivity contribution in [2.45, 2.75) is 19.9 Å². The van der Waals surface area contributed by atoms with Gasteiger partial charge in [-0.15, -0.1) is 10.2 Å². The number of urea groups is 1. The molecule has 1 aromatic heterocycles. The van der Waals surface area contributed by atoms with Gasteiger partial charge in [0, 0.05) is 13.1 Å². The number of hydrogen-bond donors (Lipinski definition) is 3. The standard InChI is InChI=1S/C10H16N6O3/c1-5-3-16(4-7(5)9(17)18)10(19)11-6(2)8-12-14-15-13-8/h5-7H,3-4H2,1-2H3,(H,11,19)(H,17,18)(H,12,13,14,15)/t5-,6?,7-/m1/s1. The molecule has 104 valence electrons. The van der Waals surface area contributed by atoms with Gasteiger partial charge in [-0.1, -0.05) is 12.1 Å². The molecule has 0 aromatic carbocycles. The summed E-state index contributed by atoms with van der Waals surface area (Å²) in [5.74, 6) is -1.04. The normalized spacial score (nSPS) is 24.2. The Morgan fingerprint density at radius 2 is 2.26 bits per heavy atom. The number of H-pyrrole nitrogens is 1. The molecule has 1 aliphatic heterocycles. The first-order valence-electron chi connectivity index (χ1n) is 6.00. The molecular formula is C10H16N6O3. The first-order chi connectivity index (χ1) is 8.99. The molecule has 1 aliphatic rings. The first-order valence-corrected chi connectivity index (χ1v) is 6.00. The Hall–Kier alpha value is -2.19. The number of nitrogens with one attached hydrogen (secondary N) is 2. The number of likely N-dealkylation sites (tertiary alicyclic amines) is 1. The van der Waals surface area contributed by atoms with E-state index in [1.165, 1.54) is 4.90 Å². The highest BCUT2D eigenvalue weighted by Gasteiger charge is 2.37. The third kappa shape index (κ3) is 2.80. The smallest absolute Gasteiger partial charge is 0.318 e. The van der Waals surface area contributed by atoms with Gasteiger partial charge >= 0.3 is 12.0 Å². The van der Waals surface area contributed by atoms with E-state index in [4.69, 9.17) is 5.11 Å². The van der Waals surface area contributed by atoms with Crippen molar-refractivity contribution in [3.8, 4) is 0 Å². The fourth-order valence-corrected chi connectivity index (χ4v) is 2.15. The zero-order valence-electron chi connectivity index (χ0n) is 10.7. The van der Waals surface area contributed by atoms with Crippen molar-refractivity contribution in [3.63, 3.8) is 0 Å². The number of tetrazole rings is 1. The van der Waals surface area contributed by atoms with Crippen LogP contribution in [-0.2, 0) is 4.79 Å². The highest BCUT2D eigenvalue weighted by molar-refractivity contribution is 5.77. The Morgan fingerprint density at radius 3 is 2.79 bits per heavy atom. The summed E-state index contributed by atoms with van der Waals surface area (Å²) < 4.78 is 0. The quantitative estimate of drug-likeness (QED) is 0.686. The second kappa shape index (κ2) is 5.21. The van der Waals surface area contributed by atoms with Crippen LogP contribution in [0.1, 0.15) is 25.7 Å². The van der Waals surface area contributed by atoms with Crippen molar-refractivity contribution < 1.29 is 14.7 Å². The number of nitrogens with zero attached hydrogens (tertiary/aromatic N) is 4. The Bertz CT molecular complexity index is 462. The van der Waals surface area contributed by atoms with Crippen LogP contribution in [-0.4, -0.2) is 55.7 Å². The predicted octanol–water partition coefficient (Wildman–Crippen LogP) is -0.377. The van der Waals surface area contributed by atoms with E-state index in [0.717, 1.165) is 0 Å². The van der Waals surface area contributed by atoms with E-state index in [0.29, 0.717) is 12.4 Å². The lowest BCUT2D eigenvalue weighted by atomic mass is 9.99. The van der Waals surface area contributed by atoms with Gasteiger partial charge < -0.3 is 15.3 Å². The van der Waals surface area contributed by atoms with Crippen LogP contribution in [0, 0.1) is 11.8 Å². The minimum Gasteiger partial charge on any atom is -0.481 e. The van der Waals surface area contributed by atoms with Gasteiger partial charge in [-0.25, -0.2) is 4.79 Å². The lowest BCUT2D eigenvalue weighted by molar-refractivity contribution is -0.142. The van der Waals surface area contributed by atoms with E-state index < -0.39 is 11.9 Å². The van der Waals surface area contributed by atoms with Gasteiger partial charge in [0.2, 0.25) is 0 Å². The number of carbonyl (C=O) groups is 2. The second-order valence-corrected chi connectivity index (χ2v) is 4.77. The minimum atomic E-state index is -0.867. The molecule has 1 unspecified atom stereocenters.